The lowest BCUT2D eigenvalue weighted by molar-refractivity contribution is -0.173. The van der Waals surface area contributed by atoms with Gasteiger partial charge in [0.2, 0.25) is 0 Å². The lowest BCUT2D eigenvalue weighted by Gasteiger charge is -2.32. The number of ether oxygens (including phenoxy) is 1. The van der Waals surface area contributed by atoms with Gasteiger partial charge in [0, 0.05) is 22.2 Å². The molecular formula is C24H25F3N4O3S2. The Labute approximate surface area is 213 Å². The minimum absolute atomic E-state index is 0.122. The predicted molar refractivity (Wildman–Crippen MR) is 132 cm³/mol. The number of nitrogens with zero attached hydrogens (tertiary/aromatic N) is 2. The summed E-state index contributed by atoms with van der Waals surface area (Å²) in [5.41, 5.74) is 1.06. The van der Waals surface area contributed by atoms with Crippen LogP contribution in [0.15, 0.2) is 23.6 Å². The molecule has 2 aliphatic rings. The van der Waals surface area contributed by atoms with Crippen molar-refractivity contribution in [1.29, 1.82) is 0 Å². The third-order valence-corrected chi connectivity index (χ3v) is 8.45. The number of esters is 1. The number of thiophene rings is 2. The van der Waals surface area contributed by atoms with Crippen LogP contribution in [0.1, 0.15) is 81.4 Å². The molecule has 36 heavy (non-hydrogen) atoms. The number of hydrogen-bond acceptors (Lipinski definition) is 7. The molecule has 2 atom stereocenters. The molecule has 0 aromatic carbocycles. The van der Waals surface area contributed by atoms with E-state index in [-0.39, 0.29) is 24.0 Å². The number of carbonyl (C=O) groups excluding carboxylic acids is 2. The zero-order valence-corrected chi connectivity index (χ0v) is 21.3. The number of aromatic nitrogens is 2. The molecule has 3 aromatic rings. The molecule has 1 amide bonds. The SMILES string of the molecule is CC(C)OC(=O)c1c(NC(=O)c2cc3n(n2)[C@H](C(F)(F)F)C[C@@H](c2cccs2)N3)sc2c1CCCC2. The molecule has 12 heteroatoms. The molecule has 192 valence electrons. The summed E-state index contributed by atoms with van der Waals surface area (Å²) in [6.45, 7) is 3.50. The van der Waals surface area contributed by atoms with Crippen molar-refractivity contribution in [1.82, 2.24) is 9.78 Å². The van der Waals surface area contributed by atoms with E-state index in [0.29, 0.717) is 17.0 Å². The quantitative estimate of drug-likeness (QED) is 0.369. The van der Waals surface area contributed by atoms with Crippen LogP contribution in [0.3, 0.4) is 0 Å². The van der Waals surface area contributed by atoms with E-state index < -0.39 is 30.1 Å². The van der Waals surface area contributed by atoms with Crippen molar-refractivity contribution in [2.75, 3.05) is 10.6 Å². The van der Waals surface area contributed by atoms with Gasteiger partial charge in [0.1, 0.15) is 10.8 Å². The zero-order chi connectivity index (χ0) is 25.6. The van der Waals surface area contributed by atoms with Gasteiger partial charge < -0.3 is 15.4 Å². The van der Waals surface area contributed by atoms with Crippen LogP contribution in [0.4, 0.5) is 24.0 Å². The van der Waals surface area contributed by atoms with Crippen molar-refractivity contribution in [3.63, 3.8) is 0 Å². The van der Waals surface area contributed by atoms with Crippen LogP contribution in [-0.4, -0.2) is 33.9 Å². The van der Waals surface area contributed by atoms with Gasteiger partial charge in [-0.3, -0.25) is 4.79 Å². The lowest BCUT2D eigenvalue weighted by Crippen LogP contribution is -2.35. The van der Waals surface area contributed by atoms with Crippen LogP contribution in [0.2, 0.25) is 0 Å². The monoisotopic (exact) mass is 538 g/mol. The van der Waals surface area contributed by atoms with Crippen molar-refractivity contribution in [2.45, 2.75) is 70.3 Å². The number of rotatable bonds is 5. The van der Waals surface area contributed by atoms with Crippen molar-refractivity contribution in [3.05, 3.63) is 50.2 Å². The molecular weight excluding hydrogens is 513 g/mol. The summed E-state index contributed by atoms with van der Waals surface area (Å²) < 4.78 is 48.1. The first kappa shape index (κ1) is 24.8. The van der Waals surface area contributed by atoms with Gasteiger partial charge in [0.25, 0.3) is 5.91 Å². The van der Waals surface area contributed by atoms with Gasteiger partial charge in [-0.15, -0.1) is 22.7 Å². The van der Waals surface area contributed by atoms with Gasteiger partial charge in [-0.05, 0) is 56.5 Å². The number of fused-ring (bicyclic) bond motifs is 2. The highest BCUT2D eigenvalue weighted by molar-refractivity contribution is 7.17. The Balaban J connectivity index is 1.45. The maximum absolute atomic E-state index is 13.9. The number of alkyl halides is 3. The second-order valence-electron chi connectivity index (χ2n) is 9.19. The third-order valence-electron chi connectivity index (χ3n) is 6.25. The van der Waals surface area contributed by atoms with E-state index in [1.54, 1.807) is 26.0 Å². The summed E-state index contributed by atoms with van der Waals surface area (Å²) in [5.74, 6) is -1.07. The third kappa shape index (κ3) is 4.75. The van der Waals surface area contributed by atoms with Crippen molar-refractivity contribution in [2.24, 2.45) is 0 Å². The summed E-state index contributed by atoms with van der Waals surface area (Å²) in [4.78, 5) is 27.8. The van der Waals surface area contributed by atoms with Crippen molar-refractivity contribution < 1.29 is 27.5 Å². The summed E-state index contributed by atoms with van der Waals surface area (Å²) in [7, 11) is 0. The Hall–Kier alpha value is -2.86. The highest BCUT2D eigenvalue weighted by Gasteiger charge is 2.47. The number of anilines is 2. The molecule has 2 N–H and O–H groups in total. The molecule has 0 bridgehead atoms. The molecule has 4 heterocycles. The Kier molecular flexibility index (Phi) is 6.58. The van der Waals surface area contributed by atoms with Gasteiger partial charge in [-0.2, -0.15) is 18.3 Å². The van der Waals surface area contributed by atoms with Crippen LogP contribution >= 0.6 is 22.7 Å². The normalized spacial score (nSPS) is 19.4. The van der Waals surface area contributed by atoms with E-state index in [4.69, 9.17) is 4.74 Å². The van der Waals surface area contributed by atoms with E-state index in [0.717, 1.165) is 39.3 Å². The molecule has 0 fully saturated rings. The van der Waals surface area contributed by atoms with E-state index in [9.17, 15) is 22.8 Å². The number of carbonyl (C=O) groups is 2. The minimum Gasteiger partial charge on any atom is -0.459 e. The molecule has 1 aliphatic heterocycles. The van der Waals surface area contributed by atoms with E-state index in [1.807, 2.05) is 5.38 Å². The second-order valence-corrected chi connectivity index (χ2v) is 11.3. The number of amides is 1. The molecule has 7 nitrogen and oxygen atoms in total. The summed E-state index contributed by atoms with van der Waals surface area (Å²) in [5, 5.41) is 12.0. The number of aryl methyl sites for hydroxylation is 1. The largest absolute Gasteiger partial charge is 0.459 e. The summed E-state index contributed by atoms with van der Waals surface area (Å²) >= 11 is 2.69. The average Bonchev–Trinajstić information content (AvgIpc) is 3.54. The Bertz CT molecular complexity index is 1280. The molecule has 0 unspecified atom stereocenters. The molecule has 0 saturated carbocycles. The highest BCUT2D eigenvalue weighted by atomic mass is 32.1. The van der Waals surface area contributed by atoms with Crippen LogP contribution in [0, 0.1) is 0 Å². The fraction of sp³-hybridized carbons (Fsp3) is 0.458. The zero-order valence-electron chi connectivity index (χ0n) is 19.6. The lowest BCUT2D eigenvalue weighted by atomic mass is 9.95. The standard InChI is InChI=1S/C24H25F3N4O3S2/c1-12(2)34-23(33)20-13-6-3-4-7-16(13)36-22(20)29-21(32)15-11-19-28-14(17-8-5-9-35-17)10-18(24(25,26)27)31(19)30-15/h5,8-9,11-12,14,18,28H,3-4,6-7,10H2,1-2H3,(H,29,32)/t14-,18-/m0/s1. The summed E-state index contributed by atoms with van der Waals surface area (Å²) in [6, 6.07) is 2.49. The van der Waals surface area contributed by atoms with Crippen LogP contribution in [0.25, 0.3) is 0 Å². The number of halogens is 3. The molecule has 1 aliphatic carbocycles. The minimum atomic E-state index is -4.54. The van der Waals surface area contributed by atoms with Crippen LogP contribution in [0.5, 0.6) is 0 Å². The first-order valence-corrected chi connectivity index (χ1v) is 13.4. The summed E-state index contributed by atoms with van der Waals surface area (Å²) in [6.07, 6.45) is -1.66. The van der Waals surface area contributed by atoms with E-state index in [1.165, 1.54) is 28.7 Å². The van der Waals surface area contributed by atoms with E-state index >= 15 is 0 Å². The molecule has 0 saturated heterocycles. The Morgan fingerprint density at radius 3 is 2.75 bits per heavy atom. The average molecular weight is 539 g/mol. The predicted octanol–water partition coefficient (Wildman–Crippen LogP) is 6.36. The van der Waals surface area contributed by atoms with Gasteiger partial charge in [-0.1, -0.05) is 6.07 Å². The fourth-order valence-corrected chi connectivity index (χ4v) is 6.73. The fourth-order valence-electron chi connectivity index (χ4n) is 4.67. The van der Waals surface area contributed by atoms with E-state index in [2.05, 4.69) is 15.7 Å². The van der Waals surface area contributed by atoms with Crippen LogP contribution in [-0.2, 0) is 17.6 Å². The van der Waals surface area contributed by atoms with Crippen molar-refractivity contribution >= 4 is 45.4 Å². The van der Waals surface area contributed by atoms with Crippen LogP contribution < -0.4 is 10.6 Å². The molecule has 3 aromatic heterocycles. The smallest absolute Gasteiger partial charge is 0.410 e. The maximum Gasteiger partial charge on any atom is 0.410 e. The molecule has 0 radical (unpaired) electrons. The highest BCUT2D eigenvalue weighted by Crippen LogP contribution is 2.45. The molecule has 0 spiro atoms. The van der Waals surface area contributed by atoms with Crippen molar-refractivity contribution in [3.8, 4) is 0 Å². The Morgan fingerprint density at radius 2 is 2.06 bits per heavy atom. The first-order chi connectivity index (χ1) is 17.1. The van der Waals surface area contributed by atoms with Gasteiger partial charge in [-0.25, -0.2) is 9.48 Å². The van der Waals surface area contributed by atoms with Gasteiger partial charge in [0.05, 0.1) is 17.7 Å². The maximum atomic E-state index is 13.9. The van der Waals surface area contributed by atoms with Gasteiger partial charge in [0.15, 0.2) is 11.7 Å². The number of nitrogens with one attached hydrogen (secondary N) is 2. The van der Waals surface area contributed by atoms with Gasteiger partial charge >= 0.3 is 12.1 Å². The first-order valence-electron chi connectivity index (χ1n) is 11.7. The molecule has 5 rings (SSSR count). The second kappa shape index (κ2) is 9.55. The number of hydrogen-bond donors (Lipinski definition) is 2. The topological polar surface area (TPSA) is 85.2 Å². The Morgan fingerprint density at radius 1 is 1.28 bits per heavy atom.